The highest BCUT2D eigenvalue weighted by atomic mass is 15.1. The van der Waals surface area contributed by atoms with Crippen LogP contribution in [0.1, 0.15) is 55.6 Å². The van der Waals surface area contributed by atoms with E-state index in [1.165, 1.54) is 44.5 Å². The topological polar surface area (TPSA) is 32.3 Å². The van der Waals surface area contributed by atoms with Crippen molar-refractivity contribution in [3.8, 4) is 44.8 Å². The number of aryl methyl sites for hydroxylation is 1. The fourth-order valence-electron chi connectivity index (χ4n) is 10.1. The summed E-state index contributed by atoms with van der Waals surface area (Å²) in [5, 5.41) is 0. The minimum absolute atomic E-state index is 0.0985. The maximum atomic E-state index is 5.12. The Kier molecular flexibility index (Phi) is 9.02. The van der Waals surface area contributed by atoms with Crippen molar-refractivity contribution in [1.82, 2.24) is 9.97 Å². The van der Waals surface area contributed by atoms with Gasteiger partial charge in [0, 0.05) is 62.3 Å². The van der Waals surface area contributed by atoms with Crippen molar-refractivity contribution in [1.29, 1.82) is 0 Å². The summed E-state index contributed by atoms with van der Waals surface area (Å²) < 4.78 is 0. The highest BCUT2D eigenvalue weighted by Crippen LogP contribution is 2.52. The second kappa shape index (κ2) is 14.8. The molecule has 1 heterocycles. The molecule has 2 aliphatic rings. The van der Waals surface area contributed by atoms with E-state index in [0.29, 0.717) is 0 Å². The lowest BCUT2D eigenvalue weighted by molar-refractivity contribution is 0.660. The Morgan fingerprint density at radius 2 is 0.714 bits per heavy atom. The van der Waals surface area contributed by atoms with Crippen LogP contribution in [0.25, 0.3) is 44.8 Å². The van der Waals surface area contributed by atoms with Crippen LogP contribution < -0.4 is 9.80 Å². The summed E-state index contributed by atoms with van der Waals surface area (Å²) in [4.78, 5) is 14.8. The third kappa shape index (κ3) is 6.36. The van der Waals surface area contributed by atoms with Crippen LogP contribution in [0.2, 0.25) is 0 Å². The average Bonchev–Trinajstić information content (AvgIpc) is 3.69. The number of benzene rings is 8. The van der Waals surface area contributed by atoms with Gasteiger partial charge in [0.1, 0.15) is 0 Å². The van der Waals surface area contributed by atoms with E-state index in [4.69, 9.17) is 9.97 Å². The number of rotatable bonds is 8. The molecule has 0 bridgehead atoms. The molecule has 0 aliphatic heterocycles. The van der Waals surface area contributed by atoms with Gasteiger partial charge in [-0.25, -0.2) is 4.98 Å². The Morgan fingerprint density at radius 3 is 1.17 bits per heavy atom. The fourth-order valence-corrected chi connectivity index (χ4v) is 10.1. The normalized spacial score (nSPS) is 13.7. The Bertz CT molecular complexity index is 3170. The highest BCUT2D eigenvalue weighted by Gasteiger charge is 2.37. The van der Waals surface area contributed by atoms with Crippen LogP contribution >= 0.6 is 0 Å². The zero-order valence-corrected chi connectivity index (χ0v) is 36.3. The van der Waals surface area contributed by atoms with Crippen LogP contribution in [0, 0.1) is 6.92 Å². The van der Waals surface area contributed by atoms with Crippen LogP contribution in [-0.4, -0.2) is 9.97 Å². The molecule has 0 saturated heterocycles. The first-order chi connectivity index (χ1) is 30.7. The summed E-state index contributed by atoms with van der Waals surface area (Å²) in [5.41, 5.74) is 21.7. The minimum atomic E-state index is -0.0988. The van der Waals surface area contributed by atoms with Crippen molar-refractivity contribution in [3.05, 3.63) is 228 Å². The van der Waals surface area contributed by atoms with Crippen LogP contribution in [0.15, 0.2) is 200 Å². The molecule has 304 valence electrons. The van der Waals surface area contributed by atoms with Crippen LogP contribution in [0.5, 0.6) is 0 Å². The van der Waals surface area contributed by atoms with Crippen LogP contribution in [0.4, 0.5) is 34.1 Å². The lowest BCUT2D eigenvalue weighted by Crippen LogP contribution is -2.16. The van der Waals surface area contributed by atoms with Crippen molar-refractivity contribution < 1.29 is 0 Å². The Labute approximate surface area is 370 Å². The molecule has 4 heteroatoms. The first kappa shape index (κ1) is 38.4. The van der Waals surface area contributed by atoms with Crippen molar-refractivity contribution in [2.24, 2.45) is 0 Å². The van der Waals surface area contributed by atoms with Crippen LogP contribution in [-0.2, 0) is 10.8 Å². The van der Waals surface area contributed by atoms with Crippen molar-refractivity contribution in [2.75, 3.05) is 9.80 Å². The SMILES string of the molecule is Cc1cnc(-c2ccc(N(c3ccccc3)c3ccc4c(c3)C(C)(C)c3ccccc3-4)cc2)c(-c2ccc(N(c3ccccc3)c3ccc4c(c3)C(C)(C)c3ccccc3-4)cc2)n1. The standard InChI is InChI=1S/C59H48N4/c1-39-38-60-56(40-24-28-44(29-25-40)62(42-16-8-6-9-17-42)46-32-34-50-48-20-12-14-22-52(48)58(2,3)54(50)36-46)57(61-39)41-26-30-45(31-27-41)63(43-18-10-7-11-19-43)47-33-35-51-49-21-13-15-23-53(49)59(4,5)55(51)37-47/h6-38H,1-5H3. The van der Waals surface area contributed by atoms with Gasteiger partial charge >= 0.3 is 0 Å². The van der Waals surface area contributed by atoms with Gasteiger partial charge in [-0.3, -0.25) is 4.98 Å². The monoisotopic (exact) mass is 812 g/mol. The fraction of sp³-hybridized carbons (Fsp3) is 0.119. The summed E-state index contributed by atoms with van der Waals surface area (Å²) in [7, 11) is 0. The smallest absolute Gasteiger partial charge is 0.0968 e. The molecule has 0 unspecified atom stereocenters. The van der Waals surface area contributed by atoms with E-state index in [9.17, 15) is 0 Å². The molecule has 0 atom stereocenters. The van der Waals surface area contributed by atoms with Gasteiger partial charge in [-0.2, -0.15) is 0 Å². The number of nitrogens with zero attached hydrogens (tertiary/aromatic N) is 4. The molecule has 0 fully saturated rings. The predicted octanol–water partition coefficient (Wildman–Crippen LogP) is 15.7. The molecular formula is C59H48N4. The van der Waals surface area contributed by atoms with Gasteiger partial charge in [-0.15, -0.1) is 0 Å². The maximum absolute atomic E-state index is 5.12. The third-order valence-corrected chi connectivity index (χ3v) is 13.4. The molecule has 9 aromatic rings. The van der Waals surface area contributed by atoms with Gasteiger partial charge < -0.3 is 9.80 Å². The summed E-state index contributed by atoms with van der Waals surface area (Å²) >= 11 is 0. The van der Waals surface area contributed by atoms with Crippen LogP contribution in [0.3, 0.4) is 0 Å². The second-order valence-electron chi connectivity index (χ2n) is 17.9. The molecule has 0 saturated carbocycles. The zero-order chi connectivity index (χ0) is 42.9. The number of fused-ring (bicyclic) bond motifs is 6. The first-order valence-electron chi connectivity index (χ1n) is 21.9. The molecule has 0 N–H and O–H groups in total. The largest absolute Gasteiger partial charge is 0.310 e. The number of anilines is 6. The van der Waals surface area contributed by atoms with E-state index < -0.39 is 0 Å². The zero-order valence-electron chi connectivity index (χ0n) is 36.3. The second-order valence-corrected chi connectivity index (χ2v) is 17.9. The summed E-state index contributed by atoms with van der Waals surface area (Å²) in [6.45, 7) is 11.4. The molecule has 4 nitrogen and oxygen atoms in total. The molecule has 0 spiro atoms. The lowest BCUT2D eigenvalue weighted by atomic mass is 9.82. The van der Waals surface area contributed by atoms with Gasteiger partial charge in [0.05, 0.1) is 17.1 Å². The molecule has 11 rings (SSSR count). The van der Waals surface area contributed by atoms with E-state index in [0.717, 1.165) is 62.3 Å². The van der Waals surface area contributed by atoms with E-state index in [1.807, 2.05) is 13.1 Å². The quantitative estimate of drug-likeness (QED) is 0.153. The Balaban J connectivity index is 0.941. The maximum Gasteiger partial charge on any atom is 0.0968 e. The molecule has 1 aromatic heterocycles. The summed E-state index contributed by atoms with van der Waals surface area (Å²) in [6, 6.07) is 70.4. The van der Waals surface area contributed by atoms with Crippen molar-refractivity contribution >= 4 is 34.1 Å². The molecular weight excluding hydrogens is 765 g/mol. The molecule has 8 aromatic carbocycles. The minimum Gasteiger partial charge on any atom is -0.310 e. The van der Waals surface area contributed by atoms with Crippen molar-refractivity contribution in [2.45, 2.75) is 45.4 Å². The van der Waals surface area contributed by atoms with Gasteiger partial charge in [0.15, 0.2) is 0 Å². The van der Waals surface area contributed by atoms with E-state index in [-0.39, 0.29) is 10.8 Å². The van der Waals surface area contributed by atoms with Gasteiger partial charge in [0.2, 0.25) is 0 Å². The number of hydrogen-bond acceptors (Lipinski definition) is 4. The number of aromatic nitrogens is 2. The molecule has 0 amide bonds. The van der Waals surface area contributed by atoms with Gasteiger partial charge in [0.25, 0.3) is 0 Å². The molecule has 0 radical (unpaired) electrons. The van der Waals surface area contributed by atoms with Gasteiger partial charge in [-0.1, -0.05) is 149 Å². The Hall–Kier alpha value is -7.56. The van der Waals surface area contributed by atoms with E-state index in [2.05, 4.69) is 232 Å². The number of para-hydroxylation sites is 2. The summed E-state index contributed by atoms with van der Waals surface area (Å²) in [6.07, 6.45) is 1.87. The lowest BCUT2D eigenvalue weighted by Gasteiger charge is -2.28. The average molecular weight is 813 g/mol. The van der Waals surface area contributed by atoms with Gasteiger partial charge in [-0.05, 0) is 124 Å². The summed E-state index contributed by atoms with van der Waals surface area (Å²) in [5.74, 6) is 0. The highest BCUT2D eigenvalue weighted by molar-refractivity contribution is 5.88. The number of hydrogen-bond donors (Lipinski definition) is 0. The van der Waals surface area contributed by atoms with E-state index >= 15 is 0 Å². The molecule has 2 aliphatic carbocycles. The van der Waals surface area contributed by atoms with Crippen molar-refractivity contribution in [3.63, 3.8) is 0 Å². The van der Waals surface area contributed by atoms with E-state index in [1.54, 1.807) is 0 Å². The Morgan fingerprint density at radius 1 is 0.349 bits per heavy atom. The molecule has 63 heavy (non-hydrogen) atoms. The first-order valence-corrected chi connectivity index (χ1v) is 21.9. The predicted molar refractivity (Wildman–Crippen MR) is 262 cm³/mol. The third-order valence-electron chi connectivity index (χ3n) is 13.4.